The van der Waals surface area contributed by atoms with Crippen LogP contribution in [-0.2, 0) is 9.53 Å². The van der Waals surface area contributed by atoms with Gasteiger partial charge in [-0.1, -0.05) is 29.8 Å². The average molecular weight is 290 g/mol. The molecule has 0 spiro atoms. The van der Waals surface area contributed by atoms with E-state index < -0.39 is 0 Å². The Kier molecular flexibility index (Phi) is 5.76. The average Bonchev–Trinajstić information content (AvgIpc) is 3.30. The quantitative estimate of drug-likeness (QED) is 0.722. The summed E-state index contributed by atoms with van der Waals surface area (Å²) in [5, 5.41) is 6.37. The molecule has 1 aromatic rings. The van der Waals surface area contributed by atoms with Crippen LogP contribution in [0.25, 0.3) is 0 Å². The Bertz CT molecular complexity index is 454. The van der Waals surface area contributed by atoms with Crippen LogP contribution in [0.4, 0.5) is 0 Å². The van der Waals surface area contributed by atoms with E-state index in [9.17, 15) is 4.79 Å². The van der Waals surface area contributed by atoms with E-state index in [0.29, 0.717) is 19.1 Å². The zero-order valence-corrected chi connectivity index (χ0v) is 13.2. The highest BCUT2D eigenvalue weighted by molar-refractivity contribution is 5.81. The number of ether oxygens (including phenoxy) is 1. The van der Waals surface area contributed by atoms with Gasteiger partial charge in [-0.25, -0.2) is 0 Å². The summed E-state index contributed by atoms with van der Waals surface area (Å²) in [4.78, 5) is 12.1. The van der Waals surface area contributed by atoms with Gasteiger partial charge in [-0.15, -0.1) is 0 Å². The maximum absolute atomic E-state index is 12.1. The zero-order chi connectivity index (χ0) is 15.2. The number of rotatable bonds is 8. The third-order valence-corrected chi connectivity index (χ3v) is 3.96. The van der Waals surface area contributed by atoms with Crippen molar-refractivity contribution in [1.82, 2.24) is 10.6 Å². The normalized spacial score (nSPS) is 17.3. The van der Waals surface area contributed by atoms with Crippen LogP contribution in [-0.4, -0.2) is 32.2 Å². The summed E-state index contributed by atoms with van der Waals surface area (Å²) in [5.74, 6) is 0.687. The topological polar surface area (TPSA) is 50.4 Å². The Morgan fingerprint density at radius 3 is 2.57 bits per heavy atom. The molecular formula is C17H26N2O2. The van der Waals surface area contributed by atoms with E-state index in [0.717, 1.165) is 0 Å². The van der Waals surface area contributed by atoms with Crippen LogP contribution < -0.4 is 10.6 Å². The van der Waals surface area contributed by atoms with Crippen molar-refractivity contribution in [3.05, 3.63) is 35.4 Å². The van der Waals surface area contributed by atoms with Crippen LogP contribution >= 0.6 is 0 Å². The first kappa shape index (κ1) is 16.0. The van der Waals surface area contributed by atoms with Crippen molar-refractivity contribution >= 4 is 5.91 Å². The Labute approximate surface area is 127 Å². The number of benzene rings is 1. The maximum Gasteiger partial charge on any atom is 0.236 e. The third-order valence-electron chi connectivity index (χ3n) is 3.96. The molecule has 1 aliphatic carbocycles. The summed E-state index contributed by atoms with van der Waals surface area (Å²) in [7, 11) is 1.63. The fourth-order valence-electron chi connectivity index (χ4n) is 2.48. The highest BCUT2D eigenvalue weighted by Crippen LogP contribution is 2.41. The molecule has 0 bridgehead atoms. The largest absolute Gasteiger partial charge is 0.383 e. The van der Waals surface area contributed by atoms with E-state index in [-0.39, 0.29) is 18.0 Å². The predicted octanol–water partition coefficient (Wildman–Crippen LogP) is 2.19. The number of hydrogen-bond acceptors (Lipinski definition) is 3. The minimum atomic E-state index is -0.200. The van der Waals surface area contributed by atoms with Crippen LogP contribution in [0.2, 0.25) is 0 Å². The number of aryl methyl sites for hydroxylation is 1. The molecule has 1 fully saturated rings. The van der Waals surface area contributed by atoms with E-state index in [4.69, 9.17) is 4.74 Å². The lowest BCUT2D eigenvalue weighted by Crippen LogP contribution is -2.45. The number of carbonyl (C=O) groups is 1. The second-order valence-electron chi connectivity index (χ2n) is 5.90. The molecule has 0 radical (unpaired) electrons. The van der Waals surface area contributed by atoms with Crippen LogP contribution in [0.1, 0.15) is 36.9 Å². The smallest absolute Gasteiger partial charge is 0.236 e. The molecule has 1 aromatic carbocycles. The van der Waals surface area contributed by atoms with E-state index >= 15 is 0 Å². The van der Waals surface area contributed by atoms with Crippen molar-refractivity contribution in [2.75, 3.05) is 20.3 Å². The molecule has 2 unspecified atom stereocenters. The van der Waals surface area contributed by atoms with E-state index in [1.165, 1.54) is 24.0 Å². The summed E-state index contributed by atoms with van der Waals surface area (Å²) in [5.41, 5.74) is 2.54. The number of carbonyl (C=O) groups excluding carboxylic acids is 1. The molecule has 2 atom stereocenters. The fraction of sp³-hybridized carbons (Fsp3) is 0.588. The highest BCUT2D eigenvalue weighted by Gasteiger charge is 2.33. The van der Waals surface area contributed by atoms with Gasteiger partial charge in [0, 0.05) is 19.7 Å². The standard InChI is InChI=1S/C17H26N2O2/c1-12-4-6-14(7-5-12)16(15-8-9-15)19-13(2)17(20)18-10-11-21-3/h4-7,13,15-16,19H,8-11H2,1-3H3,(H,18,20). The Morgan fingerprint density at radius 2 is 2.00 bits per heavy atom. The molecule has 1 saturated carbocycles. The van der Waals surface area contributed by atoms with Gasteiger partial charge >= 0.3 is 0 Å². The van der Waals surface area contributed by atoms with Gasteiger partial charge in [0.15, 0.2) is 0 Å². The molecule has 2 N–H and O–H groups in total. The van der Waals surface area contributed by atoms with Gasteiger partial charge < -0.3 is 10.1 Å². The molecule has 21 heavy (non-hydrogen) atoms. The van der Waals surface area contributed by atoms with Crippen molar-refractivity contribution in [2.24, 2.45) is 5.92 Å². The zero-order valence-electron chi connectivity index (χ0n) is 13.2. The van der Waals surface area contributed by atoms with Gasteiger partial charge in [0.2, 0.25) is 5.91 Å². The van der Waals surface area contributed by atoms with Gasteiger partial charge in [-0.05, 0) is 38.2 Å². The van der Waals surface area contributed by atoms with E-state index in [1.807, 2.05) is 6.92 Å². The number of methoxy groups -OCH3 is 1. The Balaban J connectivity index is 1.93. The molecule has 0 aromatic heterocycles. The minimum absolute atomic E-state index is 0.0322. The number of hydrogen-bond donors (Lipinski definition) is 2. The highest BCUT2D eigenvalue weighted by atomic mass is 16.5. The molecule has 0 saturated heterocycles. The van der Waals surface area contributed by atoms with E-state index in [2.05, 4.69) is 41.8 Å². The summed E-state index contributed by atoms with van der Waals surface area (Å²) >= 11 is 0. The predicted molar refractivity (Wildman–Crippen MR) is 84.1 cm³/mol. The van der Waals surface area contributed by atoms with Crippen molar-refractivity contribution in [3.8, 4) is 0 Å². The molecular weight excluding hydrogens is 264 g/mol. The summed E-state index contributed by atoms with van der Waals surface area (Å²) in [6.45, 7) is 5.11. The SMILES string of the molecule is COCCNC(=O)C(C)NC(c1ccc(C)cc1)C1CC1. The van der Waals surface area contributed by atoms with Crippen LogP contribution in [0.5, 0.6) is 0 Å². The molecule has 4 heteroatoms. The maximum atomic E-state index is 12.1. The summed E-state index contributed by atoms with van der Waals surface area (Å²) in [6.07, 6.45) is 2.48. The van der Waals surface area contributed by atoms with Crippen molar-refractivity contribution in [2.45, 2.75) is 38.8 Å². The van der Waals surface area contributed by atoms with Crippen LogP contribution in [0.15, 0.2) is 24.3 Å². The van der Waals surface area contributed by atoms with Gasteiger partial charge in [0.25, 0.3) is 0 Å². The number of amides is 1. The minimum Gasteiger partial charge on any atom is -0.383 e. The van der Waals surface area contributed by atoms with Gasteiger partial charge in [0.1, 0.15) is 0 Å². The third kappa shape index (κ3) is 4.83. The number of nitrogens with one attached hydrogen (secondary N) is 2. The Hall–Kier alpha value is -1.39. The fourth-order valence-corrected chi connectivity index (χ4v) is 2.48. The van der Waals surface area contributed by atoms with Gasteiger partial charge in [-0.2, -0.15) is 0 Å². The monoisotopic (exact) mass is 290 g/mol. The summed E-state index contributed by atoms with van der Waals surface area (Å²) in [6, 6.07) is 8.68. The molecule has 116 valence electrons. The lowest BCUT2D eigenvalue weighted by molar-refractivity contribution is -0.123. The summed E-state index contributed by atoms with van der Waals surface area (Å²) < 4.78 is 4.95. The van der Waals surface area contributed by atoms with Crippen molar-refractivity contribution in [1.29, 1.82) is 0 Å². The second kappa shape index (κ2) is 7.57. The molecule has 4 nitrogen and oxygen atoms in total. The molecule has 2 rings (SSSR count). The first-order valence-corrected chi connectivity index (χ1v) is 7.71. The first-order chi connectivity index (χ1) is 10.1. The van der Waals surface area contributed by atoms with Crippen LogP contribution in [0, 0.1) is 12.8 Å². The van der Waals surface area contributed by atoms with Crippen LogP contribution in [0.3, 0.4) is 0 Å². The molecule has 0 heterocycles. The van der Waals surface area contributed by atoms with Crippen molar-refractivity contribution in [3.63, 3.8) is 0 Å². The molecule has 1 aliphatic rings. The van der Waals surface area contributed by atoms with Gasteiger partial charge in [0.05, 0.1) is 12.6 Å². The lowest BCUT2D eigenvalue weighted by atomic mass is 10.00. The van der Waals surface area contributed by atoms with E-state index in [1.54, 1.807) is 7.11 Å². The van der Waals surface area contributed by atoms with Crippen molar-refractivity contribution < 1.29 is 9.53 Å². The first-order valence-electron chi connectivity index (χ1n) is 7.71. The lowest BCUT2D eigenvalue weighted by Gasteiger charge is -2.23. The Morgan fingerprint density at radius 1 is 1.33 bits per heavy atom. The molecule has 0 aliphatic heterocycles. The van der Waals surface area contributed by atoms with Gasteiger partial charge in [-0.3, -0.25) is 10.1 Å². The second-order valence-corrected chi connectivity index (χ2v) is 5.90. The molecule has 1 amide bonds.